The number of amides is 2. The fraction of sp³-hybridized carbons (Fsp3) is 0.467. The van der Waals surface area contributed by atoms with E-state index in [2.05, 4.69) is 17.4 Å². The van der Waals surface area contributed by atoms with E-state index in [4.69, 9.17) is 5.73 Å². The van der Waals surface area contributed by atoms with E-state index < -0.39 is 11.9 Å². The first kappa shape index (κ1) is 14.5. The molecular weight excluding hydrogens is 254 g/mol. The summed E-state index contributed by atoms with van der Waals surface area (Å²) in [5.41, 5.74) is 6.44. The van der Waals surface area contributed by atoms with Crippen LogP contribution in [-0.2, 0) is 16.0 Å². The van der Waals surface area contributed by atoms with Crippen LogP contribution < -0.4 is 11.1 Å². The van der Waals surface area contributed by atoms with Crippen LogP contribution in [0.3, 0.4) is 0 Å². The summed E-state index contributed by atoms with van der Waals surface area (Å²) in [5.74, 6) is -0.454. The van der Waals surface area contributed by atoms with Gasteiger partial charge in [-0.1, -0.05) is 30.3 Å². The van der Waals surface area contributed by atoms with Crippen LogP contribution in [0.4, 0.5) is 0 Å². The molecule has 5 heteroatoms. The minimum absolute atomic E-state index is 0.0110. The molecule has 0 saturated carbocycles. The van der Waals surface area contributed by atoms with E-state index in [0.717, 1.165) is 25.9 Å². The van der Waals surface area contributed by atoms with Gasteiger partial charge in [-0.25, -0.2) is 0 Å². The molecule has 1 heterocycles. The molecule has 0 bridgehead atoms. The Hall–Kier alpha value is -1.88. The highest BCUT2D eigenvalue weighted by Gasteiger charge is 2.28. The molecule has 1 atom stereocenters. The first-order valence-corrected chi connectivity index (χ1v) is 7.01. The molecule has 0 aromatic heterocycles. The molecule has 2 rings (SSSR count). The Morgan fingerprint density at radius 3 is 2.80 bits per heavy atom. The van der Waals surface area contributed by atoms with Gasteiger partial charge in [-0.3, -0.25) is 9.59 Å². The minimum atomic E-state index is -0.446. The summed E-state index contributed by atoms with van der Waals surface area (Å²) in [4.78, 5) is 24.9. The van der Waals surface area contributed by atoms with Crippen molar-refractivity contribution < 1.29 is 9.59 Å². The minimum Gasteiger partial charge on any atom is -0.370 e. The van der Waals surface area contributed by atoms with Crippen LogP contribution in [0.2, 0.25) is 0 Å². The van der Waals surface area contributed by atoms with Crippen molar-refractivity contribution in [1.29, 1.82) is 0 Å². The van der Waals surface area contributed by atoms with Gasteiger partial charge in [0.05, 0.1) is 12.5 Å². The molecule has 0 spiro atoms. The van der Waals surface area contributed by atoms with Gasteiger partial charge in [0, 0.05) is 19.6 Å². The van der Waals surface area contributed by atoms with Crippen LogP contribution in [0.5, 0.6) is 0 Å². The molecule has 1 aliphatic heterocycles. The number of hydrogen-bond donors (Lipinski definition) is 2. The van der Waals surface area contributed by atoms with Crippen molar-refractivity contribution >= 4 is 11.8 Å². The number of primary amides is 1. The zero-order chi connectivity index (χ0) is 14.4. The van der Waals surface area contributed by atoms with Gasteiger partial charge in [0.25, 0.3) is 0 Å². The van der Waals surface area contributed by atoms with Crippen LogP contribution in [0.15, 0.2) is 30.3 Å². The summed E-state index contributed by atoms with van der Waals surface area (Å²) < 4.78 is 0. The number of carbonyl (C=O) groups excluding carboxylic acids is 2. The van der Waals surface area contributed by atoms with E-state index in [1.807, 2.05) is 23.1 Å². The Bertz CT molecular complexity index is 461. The number of rotatable bonds is 6. The average Bonchev–Trinajstić information content (AvgIpc) is 2.43. The summed E-state index contributed by atoms with van der Waals surface area (Å²) in [5, 5.41) is 3.05. The molecule has 0 aliphatic carbocycles. The summed E-state index contributed by atoms with van der Waals surface area (Å²) >= 11 is 0. The lowest BCUT2D eigenvalue weighted by atomic mass is 10.1. The molecule has 1 aromatic rings. The second-order valence-corrected chi connectivity index (χ2v) is 5.09. The third-order valence-corrected chi connectivity index (χ3v) is 3.52. The van der Waals surface area contributed by atoms with Crippen LogP contribution in [0.1, 0.15) is 18.4 Å². The van der Waals surface area contributed by atoms with E-state index in [0.29, 0.717) is 6.54 Å². The molecule has 5 nitrogen and oxygen atoms in total. The molecule has 108 valence electrons. The fourth-order valence-corrected chi connectivity index (χ4v) is 2.49. The summed E-state index contributed by atoms with van der Waals surface area (Å²) in [7, 11) is 0. The van der Waals surface area contributed by atoms with Gasteiger partial charge in [0.1, 0.15) is 0 Å². The predicted molar refractivity (Wildman–Crippen MR) is 76.9 cm³/mol. The van der Waals surface area contributed by atoms with Gasteiger partial charge in [-0.15, -0.1) is 0 Å². The number of hydrogen-bond acceptors (Lipinski definition) is 3. The smallest absolute Gasteiger partial charge is 0.240 e. The highest BCUT2D eigenvalue weighted by molar-refractivity contribution is 5.88. The lowest BCUT2D eigenvalue weighted by Gasteiger charge is -2.32. The van der Waals surface area contributed by atoms with Crippen molar-refractivity contribution in [3.05, 3.63) is 35.9 Å². The first-order chi connectivity index (χ1) is 9.66. The van der Waals surface area contributed by atoms with E-state index in [1.54, 1.807) is 0 Å². The molecule has 1 unspecified atom stereocenters. The van der Waals surface area contributed by atoms with Gasteiger partial charge < -0.3 is 16.0 Å². The van der Waals surface area contributed by atoms with Gasteiger partial charge in [-0.2, -0.15) is 0 Å². The number of nitrogens with zero attached hydrogens (tertiary/aromatic N) is 1. The number of carbonyl (C=O) groups is 2. The standard InChI is InChI=1S/C15H21N3O2/c16-14(19)11-13-15(20)18(10-8-17-13)9-4-7-12-5-2-1-3-6-12/h1-3,5-6,13,17H,4,7-11H2,(H2,16,19). The van der Waals surface area contributed by atoms with Crippen LogP contribution >= 0.6 is 0 Å². The van der Waals surface area contributed by atoms with Crippen LogP contribution in [0.25, 0.3) is 0 Å². The summed E-state index contributed by atoms with van der Waals surface area (Å²) in [6.45, 7) is 2.14. The number of aryl methyl sites for hydroxylation is 1. The van der Waals surface area contributed by atoms with Gasteiger partial charge in [0.2, 0.25) is 11.8 Å². The highest BCUT2D eigenvalue weighted by Crippen LogP contribution is 2.08. The highest BCUT2D eigenvalue weighted by atomic mass is 16.2. The monoisotopic (exact) mass is 275 g/mol. The zero-order valence-corrected chi connectivity index (χ0v) is 11.5. The third-order valence-electron chi connectivity index (χ3n) is 3.52. The van der Waals surface area contributed by atoms with Crippen molar-refractivity contribution in [2.24, 2.45) is 5.73 Å². The molecule has 20 heavy (non-hydrogen) atoms. The lowest BCUT2D eigenvalue weighted by Crippen LogP contribution is -2.56. The Balaban J connectivity index is 1.80. The van der Waals surface area contributed by atoms with Crippen LogP contribution in [0, 0.1) is 0 Å². The Morgan fingerprint density at radius 1 is 1.35 bits per heavy atom. The molecule has 1 saturated heterocycles. The molecular formula is C15H21N3O2. The maximum Gasteiger partial charge on any atom is 0.240 e. The van der Waals surface area contributed by atoms with E-state index in [9.17, 15) is 9.59 Å². The van der Waals surface area contributed by atoms with Crippen LogP contribution in [-0.4, -0.2) is 42.4 Å². The predicted octanol–water partition coefficient (Wildman–Crippen LogP) is 0.295. The Morgan fingerprint density at radius 2 is 2.10 bits per heavy atom. The van der Waals surface area contributed by atoms with Gasteiger partial charge in [-0.05, 0) is 18.4 Å². The summed E-state index contributed by atoms with van der Waals surface area (Å²) in [6.07, 6.45) is 1.96. The van der Waals surface area contributed by atoms with E-state index >= 15 is 0 Å². The second-order valence-electron chi connectivity index (χ2n) is 5.09. The normalized spacial score (nSPS) is 19.1. The SMILES string of the molecule is NC(=O)CC1NCCN(CCCc2ccccc2)C1=O. The summed E-state index contributed by atoms with van der Waals surface area (Å²) in [6, 6.07) is 9.78. The molecule has 1 fully saturated rings. The van der Waals surface area contributed by atoms with E-state index in [1.165, 1.54) is 5.56 Å². The maximum atomic E-state index is 12.2. The molecule has 1 aromatic carbocycles. The largest absolute Gasteiger partial charge is 0.370 e. The third kappa shape index (κ3) is 4.06. The molecule has 0 radical (unpaired) electrons. The van der Waals surface area contributed by atoms with E-state index in [-0.39, 0.29) is 12.3 Å². The number of nitrogens with two attached hydrogens (primary N) is 1. The van der Waals surface area contributed by atoms with Gasteiger partial charge in [0.15, 0.2) is 0 Å². The van der Waals surface area contributed by atoms with Crippen molar-refractivity contribution in [3.63, 3.8) is 0 Å². The lowest BCUT2D eigenvalue weighted by molar-refractivity contribution is -0.137. The average molecular weight is 275 g/mol. The maximum absolute atomic E-state index is 12.2. The second kappa shape index (κ2) is 7.05. The number of benzene rings is 1. The molecule has 1 aliphatic rings. The molecule has 2 amide bonds. The van der Waals surface area contributed by atoms with Crippen molar-refractivity contribution in [3.8, 4) is 0 Å². The Labute approximate surface area is 119 Å². The topological polar surface area (TPSA) is 75.4 Å². The quantitative estimate of drug-likeness (QED) is 0.784. The Kier molecular flexibility index (Phi) is 5.12. The molecule has 3 N–H and O–H groups in total. The van der Waals surface area contributed by atoms with Gasteiger partial charge >= 0.3 is 0 Å². The van der Waals surface area contributed by atoms with Crippen molar-refractivity contribution in [2.75, 3.05) is 19.6 Å². The van der Waals surface area contributed by atoms with Crippen molar-refractivity contribution in [2.45, 2.75) is 25.3 Å². The first-order valence-electron chi connectivity index (χ1n) is 7.01. The number of nitrogens with one attached hydrogen (secondary N) is 1. The number of piperazine rings is 1. The zero-order valence-electron chi connectivity index (χ0n) is 11.5. The van der Waals surface area contributed by atoms with Crippen molar-refractivity contribution in [1.82, 2.24) is 10.2 Å². The fourth-order valence-electron chi connectivity index (χ4n) is 2.49.